The Morgan fingerprint density at radius 3 is 2.35 bits per heavy atom. The number of benzene rings is 3. The molecule has 0 saturated heterocycles. The first-order valence-corrected chi connectivity index (χ1v) is 7.13. The van der Waals surface area contributed by atoms with E-state index in [1.165, 1.54) is 0 Å². The summed E-state index contributed by atoms with van der Waals surface area (Å²) in [6, 6.07) is 20.9. The molecule has 23 heavy (non-hydrogen) atoms. The topological polar surface area (TPSA) is 76.0 Å². The molecule has 3 aromatic rings. The van der Waals surface area contributed by atoms with E-state index in [0.29, 0.717) is 16.8 Å². The Morgan fingerprint density at radius 2 is 1.70 bits per heavy atom. The summed E-state index contributed by atoms with van der Waals surface area (Å²) in [5, 5.41) is 25.3. The van der Waals surface area contributed by atoms with Crippen molar-refractivity contribution in [3.63, 3.8) is 0 Å². The van der Waals surface area contributed by atoms with Gasteiger partial charge in [-0.05, 0) is 46.7 Å². The third kappa shape index (κ3) is 3.14. The number of hydrogen-bond acceptors (Lipinski definition) is 4. The van der Waals surface area contributed by atoms with Crippen LogP contribution in [0.1, 0.15) is 17.2 Å². The van der Waals surface area contributed by atoms with Crippen LogP contribution < -0.4 is 10.4 Å². The van der Waals surface area contributed by atoms with Crippen molar-refractivity contribution in [1.82, 2.24) is 0 Å². The van der Waals surface area contributed by atoms with Gasteiger partial charge in [-0.3, -0.25) is 0 Å². The number of fused-ring (bicyclic) bond motifs is 1. The Hall–Kier alpha value is -3.32. The predicted molar refractivity (Wildman–Crippen MR) is 86.5 cm³/mol. The van der Waals surface area contributed by atoms with Crippen LogP contribution in [0.2, 0.25) is 0 Å². The van der Waals surface area contributed by atoms with Crippen molar-refractivity contribution < 1.29 is 9.90 Å². The highest BCUT2D eigenvalue weighted by Crippen LogP contribution is 2.23. The first-order valence-electron chi connectivity index (χ1n) is 7.13. The third-order valence-corrected chi connectivity index (χ3v) is 3.67. The van der Waals surface area contributed by atoms with Gasteiger partial charge in [-0.2, -0.15) is 5.26 Å². The SMILES string of the molecule is N#Cc1ccc(NC(C(=O)[O-])c2ccc3ccccc3c2)cc1. The van der Waals surface area contributed by atoms with E-state index in [1.54, 1.807) is 30.3 Å². The molecule has 0 aliphatic carbocycles. The fourth-order valence-corrected chi connectivity index (χ4v) is 2.47. The van der Waals surface area contributed by atoms with Gasteiger partial charge in [0.25, 0.3) is 0 Å². The first kappa shape index (κ1) is 14.6. The van der Waals surface area contributed by atoms with Gasteiger partial charge in [0.15, 0.2) is 0 Å². The number of hydrogen-bond donors (Lipinski definition) is 1. The number of carboxylic acid groups (broad SMARTS) is 1. The summed E-state index contributed by atoms with van der Waals surface area (Å²) in [4.78, 5) is 11.5. The van der Waals surface area contributed by atoms with Gasteiger partial charge in [0, 0.05) is 5.69 Å². The summed E-state index contributed by atoms with van der Waals surface area (Å²) in [7, 11) is 0. The zero-order valence-corrected chi connectivity index (χ0v) is 12.2. The largest absolute Gasteiger partial charge is 0.548 e. The zero-order chi connectivity index (χ0) is 16.2. The molecule has 0 saturated carbocycles. The van der Waals surface area contributed by atoms with Crippen molar-refractivity contribution in [2.75, 3.05) is 5.32 Å². The van der Waals surface area contributed by atoms with Crippen LogP contribution >= 0.6 is 0 Å². The average molecular weight is 301 g/mol. The molecule has 3 aromatic carbocycles. The molecular weight excluding hydrogens is 288 g/mol. The summed E-state index contributed by atoms with van der Waals surface area (Å²) in [5.74, 6) is -1.20. The minimum absolute atomic E-state index is 0.520. The first-order chi connectivity index (χ1) is 11.2. The quantitative estimate of drug-likeness (QED) is 0.803. The van der Waals surface area contributed by atoms with Crippen LogP contribution in [0.5, 0.6) is 0 Å². The molecule has 1 atom stereocenters. The summed E-state index contributed by atoms with van der Waals surface area (Å²) in [5.41, 5.74) is 1.76. The molecule has 1 N–H and O–H groups in total. The fraction of sp³-hybridized carbons (Fsp3) is 0.0526. The van der Waals surface area contributed by atoms with Gasteiger partial charge in [0.05, 0.1) is 23.6 Å². The molecule has 112 valence electrons. The average Bonchev–Trinajstić information content (AvgIpc) is 2.59. The molecule has 0 amide bonds. The van der Waals surface area contributed by atoms with Crippen molar-refractivity contribution in [3.05, 3.63) is 77.9 Å². The number of anilines is 1. The maximum absolute atomic E-state index is 11.5. The molecule has 4 nitrogen and oxygen atoms in total. The highest BCUT2D eigenvalue weighted by Gasteiger charge is 2.13. The zero-order valence-electron chi connectivity index (χ0n) is 12.2. The van der Waals surface area contributed by atoms with Crippen LogP contribution in [0.3, 0.4) is 0 Å². The number of aliphatic carboxylic acids is 1. The van der Waals surface area contributed by atoms with Crippen molar-refractivity contribution >= 4 is 22.4 Å². The highest BCUT2D eigenvalue weighted by atomic mass is 16.4. The molecule has 0 fully saturated rings. The summed E-state index contributed by atoms with van der Waals surface area (Å²) < 4.78 is 0. The number of nitriles is 1. The van der Waals surface area contributed by atoms with Crippen LogP contribution in [0.25, 0.3) is 10.8 Å². The highest BCUT2D eigenvalue weighted by molar-refractivity contribution is 5.85. The van der Waals surface area contributed by atoms with Gasteiger partial charge in [-0.15, -0.1) is 0 Å². The van der Waals surface area contributed by atoms with Crippen molar-refractivity contribution in [1.29, 1.82) is 5.26 Å². The fourth-order valence-electron chi connectivity index (χ4n) is 2.47. The minimum atomic E-state index is -1.20. The van der Waals surface area contributed by atoms with E-state index in [0.717, 1.165) is 10.8 Å². The molecule has 0 bridgehead atoms. The lowest BCUT2D eigenvalue weighted by Crippen LogP contribution is -2.34. The van der Waals surface area contributed by atoms with E-state index in [1.807, 2.05) is 42.5 Å². The molecule has 0 aliphatic rings. The number of carbonyl (C=O) groups is 1. The molecular formula is C19H13N2O2-. The maximum atomic E-state index is 11.5. The van der Waals surface area contributed by atoms with Gasteiger partial charge in [0.1, 0.15) is 0 Å². The second-order valence-electron chi connectivity index (χ2n) is 5.19. The smallest absolute Gasteiger partial charge is 0.0991 e. The van der Waals surface area contributed by atoms with E-state index in [2.05, 4.69) is 5.32 Å². The van der Waals surface area contributed by atoms with E-state index in [4.69, 9.17) is 5.26 Å². The minimum Gasteiger partial charge on any atom is -0.548 e. The summed E-state index contributed by atoms with van der Waals surface area (Å²) in [6.45, 7) is 0. The van der Waals surface area contributed by atoms with Crippen LogP contribution in [0.15, 0.2) is 66.7 Å². The third-order valence-electron chi connectivity index (χ3n) is 3.67. The van der Waals surface area contributed by atoms with Gasteiger partial charge in [-0.25, -0.2) is 0 Å². The van der Waals surface area contributed by atoms with Gasteiger partial charge in [0.2, 0.25) is 0 Å². The second kappa shape index (κ2) is 6.20. The van der Waals surface area contributed by atoms with E-state index in [-0.39, 0.29) is 0 Å². The number of nitrogens with one attached hydrogen (secondary N) is 1. The molecule has 0 aliphatic heterocycles. The van der Waals surface area contributed by atoms with E-state index in [9.17, 15) is 9.90 Å². The summed E-state index contributed by atoms with van der Waals surface area (Å²) >= 11 is 0. The molecule has 3 rings (SSSR count). The maximum Gasteiger partial charge on any atom is 0.0991 e. The van der Waals surface area contributed by atoms with Crippen molar-refractivity contribution in [3.8, 4) is 6.07 Å². The molecule has 1 unspecified atom stereocenters. The Labute approximate surface area is 133 Å². The van der Waals surface area contributed by atoms with Crippen molar-refractivity contribution in [2.24, 2.45) is 0 Å². The van der Waals surface area contributed by atoms with Crippen molar-refractivity contribution in [2.45, 2.75) is 6.04 Å². The lowest BCUT2D eigenvalue weighted by Gasteiger charge is -2.22. The lowest BCUT2D eigenvalue weighted by atomic mass is 10.0. The second-order valence-corrected chi connectivity index (χ2v) is 5.19. The number of nitrogens with zero attached hydrogens (tertiary/aromatic N) is 1. The number of carbonyl (C=O) groups excluding carboxylic acids is 1. The number of carboxylic acids is 1. The summed E-state index contributed by atoms with van der Waals surface area (Å²) in [6.07, 6.45) is 0. The normalized spacial score (nSPS) is 11.6. The molecule has 0 radical (unpaired) electrons. The molecule has 4 heteroatoms. The predicted octanol–water partition coefficient (Wildman–Crippen LogP) is 2.61. The van der Waals surface area contributed by atoms with Crippen LogP contribution in [0.4, 0.5) is 5.69 Å². The molecule has 0 aromatic heterocycles. The molecule has 0 spiro atoms. The number of rotatable bonds is 4. The van der Waals surface area contributed by atoms with Gasteiger partial charge in [-0.1, -0.05) is 36.4 Å². The standard InChI is InChI=1S/C19H14N2O2/c20-12-13-5-9-17(10-6-13)21-18(19(22)23)16-8-7-14-3-1-2-4-15(14)11-16/h1-11,18,21H,(H,22,23)/p-1. The Bertz CT molecular complexity index is 895. The van der Waals surface area contributed by atoms with Crippen LogP contribution in [-0.2, 0) is 4.79 Å². The van der Waals surface area contributed by atoms with E-state index < -0.39 is 12.0 Å². The Morgan fingerprint density at radius 1 is 1.00 bits per heavy atom. The Kier molecular flexibility index (Phi) is 3.94. The van der Waals surface area contributed by atoms with E-state index >= 15 is 0 Å². The Balaban J connectivity index is 1.93. The van der Waals surface area contributed by atoms with Crippen LogP contribution in [0, 0.1) is 11.3 Å². The van der Waals surface area contributed by atoms with Gasteiger partial charge >= 0.3 is 0 Å². The lowest BCUT2D eigenvalue weighted by molar-refractivity contribution is -0.307. The van der Waals surface area contributed by atoms with Gasteiger partial charge < -0.3 is 15.2 Å². The monoisotopic (exact) mass is 301 g/mol. The van der Waals surface area contributed by atoms with Crippen LogP contribution in [-0.4, -0.2) is 5.97 Å². The molecule has 0 heterocycles.